The van der Waals surface area contributed by atoms with Crippen LogP contribution in [0, 0.1) is 5.92 Å². The van der Waals surface area contributed by atoms with Gasteiger partial charge in [0.05, 0.1) is 5.69 Å². The molecule has 0 bridgehead atoms. The quantitative estimate of drug-likeness (QED) is 0.823. The third-order valence-electron chi connectivity index (χ3n) is 5.20. The molecular formula is C19H25NO3. The lowest BCUT2D eigenvalue weighted by Crippen LogP contribution is -2.45. The summed E-state index contributed by atoms with van der Waals surface area (Å²) in [5.74, 6) is 0.132. The van der Waals surface area contributed by atoms with Gasteiger partial charge in [-0.05, 0) is 35.8 Å². The number of ketones is 1. The van der Waals surface area contributed by atoms with Gasteiger partial charge in [0.2, 0.25) is 0 Å². The second kappa shape index (κ2) is 5.66. The Morgan fingerprint density at radius 3 is 2.39 bits per heavy atom. The highest BCUT2D eigenvalue weighted by molar-refractivity contribution is 6.17. The molecule has 1 N–H and O–H groups in total. The second-order valence-corrected chi connectivity index (χ2v) is 7.81. The molecule has 0 radical (unpaired) electrons. The molecule has 124 valence electrons. The number of carbonyl (C=O) groups is 2. The van der Waals surface area contributed by atoms with Gasteiger partial charge in [-0.3, -0.25) is 9.69 Å². The van der Waals surface area contributed by atoms with E-state index < -0.39 is 12.1 Å². The van der Waals surface area contributed by atoms with Crippen LogP contribution in [-0.4, -0.2) is 23.0 Å². The van der Waals surface area contributed by atoms with E-state index in [1.165, 1.54) is 11.3 Å². The first-order valence-electron chi connectivity index (χ1n) is 8.52. The van der Waals surface area contributed by atoms with Gasteiger partial charge in [0.1, 0.15) is 6.04 Å². The van der Waals surface area contributed by atoms with Gasteiger partial charge in [-0.25, -0.2) is 4.79 Å². The number of fused-ring (bicyclic) bond motifs is 1. The summed E-state index contributed by atoms with van der Waals surface area (Å²) < 4.78 is 0. The average molecular weight is 315 g/mol. The van der Waals surface area contributed by atoms with Crippen molar-refractivity contribution in [3.63, 3.8) is 0 Å². The molecule has 2 aliphatic rings. The minimum absolute atomic E-state index is 0.0135. The summed E-state index contributed by atoms with van der Waals surface area (Å²) >= 11 is 0. The van der Waals surface area contributed by atoms with Crippen molar-refractivity contribution in [1.29, 1.82) is 0 Å². The highest BCUT2D eigenvalue weighted by atomic mass is 16.4. The first-order valence-corrected chi connectivity index (χ1v) is 8.52. The number of Topliss-reactive ketones (excluding diaryl/α,β-unsaturated/α-hetero) is 1. The molecule has 0 saturated heterocycles. The number of nitrogens with zero attached hydrogens (tertiary/aromatic N) is 1. The number of amides is 1. The smallest absolute Gasteiger partial charge is 0.412 e. The van der Waals surface area contributed by atoms with Gasteiger partial charge in [0.15, 0.2) is 5.78 Å². The molecule has 1 atom stereocenters. The van der Waals surface area contributed by atoms with Gasteiger partial charge < -0.3 is 5.11 Å². The van der Waals surface area contributed by atoms with Crippen molar-refractivity contribution in [2.45, 2.75) is 64.3 Å². The largest absolute Gasteiger partial charge is 0.465 e. The van der Waals surface area contributed by atoms with Crippen LogP contribution in [0.15, 0.2) is 18.2 Å². The lowest BCUT2D eigenvalue weighted by atomic mass is 9.82. The van der Waals surface area contributed by atoms with E-state index in [9.17, 15) is 14.7 Å². The van der Waals surface area contributed by atoms with Crippen LogP contribution < -0.4 is 4.90 Å². The van der Waals surface area contributed by atoms with E-state index >= 15 is 0 Å². The first-order chi connectivity index (χ1) is 10.8. The topological polar surface area (TPSA) is 57.6 Å². The molecular weight excluding hydrogens is 290 g/mol. The molecule has 1 aliphatic heterocycles. The Bertz CT molecular complexity index is 639. The molecule has 1 fully saturated rings. The van der Waals surface area contributed by atoms with Crippen molar-refractivity contribution in [3.8, 4) is 0 Å². The monoisotopic (exact) mass is 315 g/mol. The zero-order valence-corrected chi connectivity index (χ0v) is 14.1. The number of hydrogen-bond donors (Lipinski definition) is 1. The molecule has 1 aliphatic carbocycles. The number of rotatable bonds is 1. The average Bonchev–Trinajstić information content (AvgIpc) is 2.80. The van der Waals surface area contributed by atoms with Crippen LogP contribution in [0.2, 0.25) is 0 Å². The minimum Gasteiger partial charge on any atom is -0.465 e. The number of carboxylic acid groups (broad SMARTS) is 1. The molecule has 1 unspecified atom stereocenters. The number of carbonyl (C=O) groups excluding carboxylic acids is 1. The molecule has 1 saturated carbocycles. The van der Waals surface area contributed by atoms with E-state index in [1.54, 1.807) is 6.07 Å². The fraction of sp³-hybridized carbons (Fsp3) is 0.579. The number of para-hydroxylation sites is 1. The summed E-state index contributed by atoms with van der Waals surface area (Å²) in [5.41, 5.74) is 1.92. The lowest BCUT2D eigenvalue weighted by molar-refractivity contribution is 0.0922. The van der Waals surface area contributed by atoms with Crippen molar-refractivity contribution in [2.24, 2.45) is 5.92 Å². The standard InChI is InChI=1S/C19H25NO3/c1-19(2,3)14-11-7-10-13-16(14)20(18(22)23)15(17(13)21)12-8-5-4-6-9-12/h7,10-12,15H,4-6,8-9H2,1-3H3,(H,22,23). The van der Waals surface area contributed by atoms with E-state index in [-0.39, 0.29) is 17.1 Å². The molecule has 0 spiro atoms. The number of hydrogen-bond acceptors (Lipinski definition) is 2. The Labute approximate surface area is 137 Å². The Hall–Kier alpha value is -1.84. The van der Waals surface area contributed by atoms with Gasteiger partial charge in [0.25, 0.3) is 0 Å². The molecule has 1 amide bonds. The first kappa shape index (κ1) is 16.0. The van der Waals surface area contributed by atoms with E-state index in [0.717, 1.165) is 31.2 Å². The van der Waals surface area contributed by atoms with E-state index in [0.29, 0.717) is 11.3 Å². The van der Waals surface area contributed by atoms with Crippen molar-refractivity contribution < 1.29 is 14.7 Å². The predicted molar refractivity (Wildman–Crippen MR) is 90.3 cm³/mol. The molecule has 1 aromatic rings. The van der Waals surface area contributed by atoms with Crippen LogP contribution in [0.25, 0.3) is 0 Å². The Kier molecular flexibility index (Phi) is 3.95. The maximum absolute atomic E-state index is 13.0. The predicted octanol–water partition coefficient (Wildman–Crippen LogP) is 4.61. The number of anilines is 1. The third kappa shape index (κ3) is 2.64. The van der Waals surface area contributed by atoms with E-state index in [4.69, 9.17) is 0 Å². The normalized spacial score (nSPS) is 22.3. The SMILES string of the molecule is CC(C)(C)c1cccc2c1N(C(=O)O)C(C1CCCCC1)C2=O. The minimum atomic E-state index is -1.01. The van der Waals surface area contributed by atoms with Gasteiger partial charge in [0, 0.05) is 5.56 Å². The van der Waals surface area contributed by atoms with Gasteiger partial charge >= 0.3 is 6.09 Å². The van der Waals surface area contributed by atoms with Crippen molar-refractivity contribution >= 4 is 17.6 Å². The molecule has 3 rings (SSSR count). The Balaban J connectivity index is 2.12. The van der Waals surface area contributed by atoms with Crippen molar-refractivity contribution in [1.82, 2.24) is 0 Å². The summed E-state index contributed by atoms with van der Waals surface area (Å²) in [7, 11) is 0. The summed E-state index contributed by atoms with van der Waals surface area (Å²) in [6.45, 7) is 6.17. The van der Waals surface area contributed by atoms with Gasteiger partial charge in [-0.2, -0.15) is 0 Å². The summed E-state index contributed by atoms with van der Waals surface area (Å²) in [6, 6.07) is 5.07. The van der Waals surface area contributed by atoms with Crippen LogP contribution in [0.5, 0.6) is 0 Å². The van der Waals surface area contributed by atoms with E-state index in [2.05, 4.69) is 20.8 Å². The lowest BCUT2D eigenvalue weighted by Gasteiger charge is -2.33. The third-order valence-corrected chi connectivity index (χ3v) is 5.20. The highest BCUT2D eigenvalue weighted by Crippen LogP contribution is 2.44. The van der Waals surface area contributed by atoms with Gasteiger partial charge in [-0.1, -0.05) is 52.2 Å². The zero-order valence-electron chi connectivity index (χ0n) is 14.1. The zero-order chi connectivity index (χ0) is 16.8. The van der Waals surface area contributed by atoms with Crippen molar-refractivity contribution in [3.05, 3.63) is 29.3 Å². The Morgan fingerprint density at radius 2 is 1.83 bits per heavy atom. The Morgan fingerprint density at radius 1 is 1.17 bits per heavy atom. The second-order valence-electron chi connectivity index (χ2n) is 7.81. The van der Waals surface area contributed by atoms with Crippen LogP contribution in [0.4, 0.5) is 10.5 Å². The summed E-state index contributed by atoms with van der Waals surface area (Å²) in [6.07, 6.45) is 4.24. The van der Waals surface area contributed by atoms with Crippen molar-refractivity contribution in [2.75, 3.05) is 4.90 Å². The fourth-order valence-electron chi connectivity index (χ4n) is 4.11. The van der Waals surface area contributed by atoms with Crippen LogP contribution in [0.1, 0.15) is 68.8 Å². The maximum Gasteiger partial charge on any atom is 0.412 e. The molecule has 4 nitrogen and oxygen atoms in total. The van der Waals surface area contributed by atoms with Crippen LogP contribution >= 0.6 is 0 Å². The highest BCUT2D eigenvalue weighted by Gasteiger charge is 2.47. The fourth-order valence-corrected chi connectivity index (χ4v) is 4.11. The summed E-state index contributed by atoms with van der Waals surface area (Å²) in [4.78, 5) is 26.4. The van der Waals surface area contributed by atoms with Crippen LogP contribution in [0.3, 0.4) is 0 Å². The maximum atomic E-state index is 13.0. The summed E-state index contributed by atoms with van der Waals surface area (Å²) in [5, 5.41) is 9.84. The van der Waals surface area contributed by atoms with Crippen LogP contribution in [-0.2, 0) is 5.41 Å². The molecule has 23 heavy (non-hydrogen) atoms. The number of benzene rings is 1. The molecule has 0 aromatic heterocycles. The molecule has 4 heteroatoms. The molecule has 1 aromatic carbocycles. The van der Waals surface area contributed by atoms with Gasteiger partial charge in [-0.15, -0.1) is 0 Å². The van der Waals surface area contributed by atoms with E-state index in [1.807, 2.05) is 12.1 Å². The molecule has 1 heterocycles.